The van der Waals surface area contributed by atoms with E-state index in [1.54, 1.807) is 18.2 Å². The third-order valence-electron chi connectivity index (χ3n) is 2.98. The van der Waals surface area contributed by atoms with Crippen molar-refractivity contribution in [1.29, 1.82) is 0 Å². The molecule has 1 aliphatic rings. The first-order valence-electron chi connectivity index (χ1n) is 5.98. The average molecular weight is 275 g/mol. The Balaban J connectivity index is 1.71. The quantitative estimate of drug-likeness (QED) is 0.804. The molecule has 19 heavy (non-hydrogen) atoms. The smallest absolute Gasteiger partial charge is 0.192 e. The van der Waals surface area contributed by atoms with Gasteiger partial charge in [0.1, 0.15) is 0 Å². The highest BCUT2D eigenvalue weighted by molar-refractivity contribution is 7.86. The van der Waals surface area contributed by atoms with E-state index < -0.39 is 10.1 Å². The molecule has 0 amide bonds. The lowest BCUT2D eigenvalue weighted by Crippen LogP contribution is -2.11. The molecule has 4 nitrogen and oxygen atoms in total. The van der Waals surface area contributed by atoms with Gasteiger partial charge in [-0.1, -0.05) is 48.5 Å². The van der Waals surface area contributed by atoms with Gasteiger partial charge in [0.25, 0.3) is 0 Å². The van der Waals surface area contributed by atoms with Crippen molar-refractivity contribution in [2.24, 2.45) is 0 Å². The summed E-state index contributed by atoms with van der Waals surface area (Å²) in [5, 5.41) is 1.47. The Morgan fingerprint density at radius 1 is 0.947 bits per heavy atom. The molecule has 5 heteroatoms. The molecule has 0 bridgehead atoms. The summed E-state index contributed by atoms with van der Waals surface area (Å²) >= 11 is 0. The first kappa shape index (κ1) is 12.3. The van der Waals surface area contributed by atoms with Gasteiger partial charge in [-0.3, -0.25) is 0 Å². The third-order valence-corrected chi connectivity index (χ3v) is 4.21. The SMILES string of the molecule is O=S(=O)(ON1CC1c1ccccc1)c1ccccc1. The second kappa shape index (κ2) is 4.77. The fourth-order valence-electron chi connectivity index (χ4n) is 1.91. The van der Waals surface area contributed by atoms with Crippen LogP contribution in [0.2, 0.25) is 0 Å². The summed E-state index contributed by atoms with van der Waals surface area (Å²) in [7, 11) is -3.71. The molecule has 0 radical (unpaired) electrons. The predicted octanol–water partition coefficient (Wildman–Crippen LogP) is 2.36. The lowest BCUT2D eigenvalue weighted by molar-refractivity contribution is 0.0617. The summed E-state index contributed by atoms with van der Waals surface area (Å²) in [6, 6.07) is 17.9. The highest BCUT2D eigenvalue weighted by atomic mass is 32.2. The Kier molecular flexibility index (Phi) is 3.10. The summed E-state index contributed by atoms with van der Waals surface area (Å²) in [6.45, 7) is 0.593. The number of nitrogens with zero attached hydrogens (tertiary/aromatic N) is 1. The van der Waals surface area contributed by atoms with Crippen LogP contribution in [-0.4, -0.2) is 20.0 Å². The summed E-state index contributed by atoms with van der Waals surface area (Å²) in [6.07, 6.45) is 0. The number of hydrogen-bond acceptors (Lipinski definition) is 4. The van der Waals surface area contributed by atoms with Crippen LogP contribution in [0.3, 0.4) is 0 Å². The van der Waals surface area contributed by atoms with Crippen LogP contribution in [0.15, 0.2) is 65.6 Å². The van der Waals surface area contributed by atoms with Crippen molar-refractivity contribution in [3.8, 4) is 0 Å². The number of benzene rings is 2. The first-order valence-corrected chi connectivity index (χ1v) is 7.39. The molecule has 98 valence electrons. The van der Waals surface area contributed by atoms with E-state index in [1.165, 1.54) is 17.2 Å². The minimum Gasteiger partial charge on any atom is -0.192 e. The molecule has 0 aromatic heterocycles. The molecule has 0 N–H and O–H groups in total. The fraction of sp³-hybridized carbons (Fsp3) is 0.143. The Bertz CT molecular complexity index is 656. The zero-order valence-corrected chi connectivity index (χ0v) is 11.0. The van der Waals surface area contributed by atoms with Crippen molar-refractivity contribution >= 4 is 10.1 Å². The van der Waals surface area contributed by atoms with Crippen molar-refractivity contribution in [2.75, 3.05) is 6.54 Å². The van der Waals surface area contributed by atoms with E-state index in [-0.39, 0.29) is 10.9 Å². The molecule has 2 unspecified atom stereocenters. The van der Waals surface area contributed by atoms with Gasteiger partial charge in [-0.15, -0.1) is 0 Å². The molecule has 0 saturated carbocycles. The lowest BCUT2D eigenvalue weighted by Gasteiger charge is -2.06. The van der Waals surface area contributed by atoms with Crippen LogP contribution in [0.25, 0.3) is 0 Å². The Labute approximate surface area is 112 Å². The molecule has 1 heterocycles. The van der Waals surface area contributed by atoms with E-state index >= 15 is 0 Å². The van der Waals surface area contributed by atoms with E-state index in [4.69, 9.17) is 4.28 Å². The zero-order chi connectivity index (χ0) is 13.3. The van der Waals surface area contributed by atoms with Gasteiger partial charge in [0.05, 0.1) is 10.9 Å². The Hall–Kier alpha value is -1.69. The zero-order valence-electron chi connectivity index (χ0n) is 10.1. The molecule has 2 atom stereocenters. The van der Waals surface area contributed by atoms with Crippen molar-refractivity contribution < 1.29 is 12.7 Å². The maximum atomic E-state index is 12.0. The van der Waals surface area contributed by atoms with E-state index in [0.29, 0.717) is 6.54 Å². The van der Waals surface area contributed by atoms with Crippen LogP contribution in [-0.2, 0) is 14.4 Å². The molecule has 1 saturated heterocycles. The summed E-state index contributed by atoms with van der Waals surface area (Å²) in [5.74, 6) is 0. The largest absolute Gasteiger partial charge is 0.313 e. The maximum absolute atomic E-state index is 12.0. The topological polar surface area (TPSA) is 46.4 Å². The van der Waals surface area contributed by atoms with Crippen molar-refractivity contribution in [3.63, 3.8) is 0 Å². The van der Waals surface area contributed by atoms with Gasteiger partial charge < -0.3 is 0 Å². The van der Waals surface area contributed by atoms with Gasteiger partial charge in [0, 0.05) is 6.54 Å². The van der Waals surface area contributed by atoms with Crippen molar-refractivity contribution in [2.45, 2.75) is 10.9 Å². The molecule has 1 fully saturated rings. The monoisotopic (exact) mass is 275 g/mol. The van der Waals surface area contributed by atoms with Gasteiger partial charge in [-0.25, -0.2) is 0 Å². The first-order chi connectivity index (χ1) is 9.17. The van der Waals surface area contributed by atoms with Crippen molar-refractivity contribution in [1.82, 2.24) is 5.06 Å². The standard InChI is InChI=1S/C14H13NO3S/c16-19(17,13-9-5-2-6-10-13)18-15-11-14(15)12-7-3-1-4-8-12/h1-10,14H,11H2. The predicted molar refractivity (Wildman–Crippen MR) is 70.6 cm³/mol. The normalized spacial score (nSPS) is 22.1. The van der Waals surface area contributed by atoms with Crippen LogP contribution in [0.4, 0.5) is 0 Å². The summed E-state index contributed by atoms with van der Waals surface area (Å²) < 4.78 is 29.1. The molecular formula is C14H13NO3S. The van der Waals surface area contributed by atoms with Gasteiger partial charge in [-0.05, 0) is 17.7 Å². The molecule has 1 aliphatic heterocycles. The van der Waals surface area contributed by atoms with Gasteiger partial charge in [-0.2, -0.15) is 17.8 Å². The average Bonchev–Trinajstić information content (AvgIpc) is 3.19. The molecule has 2 aromatic carbocycles. The second-order valence-corrected chi connectivity index (χ2v) is 5.90. The minimum atomic E-state index is -3.71. The number of hydrogen-bond donors (Lipinski definition) is 0. The molecule has 2 aromatic rings. The Morgan fingerprint density at radius 2 is 1.53 bits per heavy atom. The van der Waals surface area contributed by atoms with Crippen molar-refractivity contribution in [3.05, 3.63) is 66.2 Å². The second-order valence-electron chi connectivity index (χ2n) is 4.37. The van der Waals surface area contributed by atoms with E-state index in [0.717, 1.165) is 5.56 Å². The van der Waals surface area contributed by atoms with E-state index in [1.807, 2.05) is 30.3 Å². The molecular weight excluding hydrogens is 262 g/mol. The van der Waals surface area contributed by atoms with Crippen LogP contribution in [0.5, 0.6) is 0 Å². The molecule has 3 rings (SSSR count). The number of hydroxylamine groups is 2. The van der Waals surface area contributed by atoms with Gasteiger partial charge in [0.2, 0.25) is 0 Å². The highest BCUT2D eigenvalue weighted by Gasteiger charge is 2.40. The summed E-state index contributed by atoms with van der Waals surface area (Å²) in [4.78, 5) is 0.175. The minimum absolute atomic E-state index is 0.0275. The number of rotatable bonds is 4. The lowest BCUT2D eigenvalue weighted by atomic mass is 10.2. The fourth-order valence-corrected chi connectivity index (χ4v) is 2.90. The molecule has 0 spiro atoms. The maximum Gasteiger partial charge on any atom is 0.313 e. The van der Waals surface area contributed by atoms with E-state index in [9.17, 15) is 8.42 Å². The van der Waals surface area contributed by atoms with E-state index in [2.05, 4.69) is 0 Å². The highest BCUT2D eigenvalue weighted by Crippen LogP contribution is 2.36. The summed E-state index contributed by atoms with van der Waals surface area (Å²) in [5.41, 5.74) is 1.06. The van der Waals surface area contributed by atoms with Crippen LogP contribution in [0, 0.1) is 0 Å². The van der Waals surface area contributed by atoms with Gasteiger partial charge >= 0.3 is 10.1 Å². The molecule has 0 aliphatic carbocycles. The van der Waals surface area contributed by atoms with Crippen LogP contribution < -0.4 is 0 Å². The van der Waals surface area contributed by atoms with Crippen LogP contribution >= 0.6 is 0 Å². The Morgan fingerprint density at radius 3 is 2.16 bits per heavy atom. The van der Waals surface area contributed by atoms with Gasteiger partial charge in [0.15, 0.2) is 0 Å². The van der Waals surface area contributed by atoms with Crippen LogP contribution in [0.1, 0.15) is 11.6 Å². The third kappa shape index (κ3) is 2.68.